The number of amides is 3. The molecule has 0 spiro atoms. The molecule has 1 aliphatic rings. The van der Waals surface area contributed by atoms with Gasteiger partial charge in [-0.3, -0.25) is 4.79 Å². The average molecular weight is 450 g/mol. The first-order valence-electron chi connectivity index (χ1n) is 10.7. The van der Waals surface area contributed by atoms with Gasteiger partial charge < -0.3 is 20.9 Å². The standard InChI is InChI=1S/C25H24F2N4O2/c26-18-9-7-17(8-10-18)16-28-24(32)20-15-19(11-12-23(20)31-13-3-4-14-31)29-25(33)30-22-6-2-1-5-21(22)27/h1-2,5-12,15H,3-4,13-14,16H2,(H,28,32)(H2,29,30,33). The van der Waals surface area contributed by atoms with Crippen LogP contribution < -0.4 is 20.9 Å². The van der Waals surface area contributed by atoms with Gasteiger partial charge in [-0.25, -0.2) is 13.6 Å². The zero-order valence-corrected chi connectivity index (χ0v) is 17.9. The fourth-order valence-corrected chi connectivity index (χ4v) is 3.76. The van der Waals surface area contributed by atoms with Gasteiger partial charge >= 0.3 is 6.03 Å². The molecule has 3 amide bonds. The molecular weight excluding hydrogens is 426 g/mol. The summed E-state index contributed by atoms with van der Waals surface area (Å²) >= 11 is 0. The maximum atomic E-state index is 13.8. The number of nitrogens with zero attached hydrogens (tertiary/aromatic N) is 1. The summed E-state index contributed by atoms with van der Waals surface area (Å²) in [5, 5.41) is 7.98. The van der Waals surface area contributed by atoms with Gasteiger partial charge in [-0.1, -0.05) is 24.3 Å². The van der Waals surface area contributed by atoms with Crippen LogP contribution in [-0.2, 0) is 6.54 Å². The van der Waals surface area contributed by atoms with Crippen molar-refractivity contribution >= 4 is 29.0 Å². The molecule has 8 heteroatoms. The molecule has 1 aliphatic heterocycles. The molecule has 6 nitrogen and oxygen atoms in total. The fraction of sp³-hybridized carbons (Fsp3) is 0.200. The van der Waals surface area contributed by atoms with Crippen LogP contribution in [0.5, 0.6) is 0 Å². The molecule has 0 radical (unpaired) electrons. The molecule has 170 valence electrons. The lowest BCUT2D eigenvalue weighted by Crippen LogP contribution is -2.28. The SMILES string of the molecule is O=C(Nc1ccc(N2CCCC2)c(C(=O)NCc2ccc(F)cc2)c1)Nc1ccccc1F. The normalized spacial score (nSPS) is 13.0. The third kappa shape index (κ3) is 5.65. The van der Waals surface area contributed by atoms with E-state index in [4.69, 9.17) is 0 Å². The maximum absolute atomic E-state index is 13.8. The molecular formula is C25H24F2N4O2. The molecule has 1 saturated heterocycles. The predicted octanol–water partition coefficient (Wildman–Crippen LogP) is 5.14. The van der Waals surface area contributed by atoms with Gasteiger partial charge in [-0.05, 0) is 60.9 Å². The molecule has 0 bridgehead atoms. The average Bonchev–Trinajstić information content (AvgIpc) is 3.35. The van der Waals surface area contributed by atoms with E-state index in [0.717, 1.165) is 37.2 Å². The van der Waals surface area contributed by atoms with Crippen LogP contribution in [0.25, 0.3) is 0 Å². The zero-order valence-electron chi connectivity index (χ0n) is 17.9. The van der Waals surface area contributed by atoms with Crippen LogP contribution in [0.1, 0.15) is 28.8 Å². The summed E-state index contributed by atoms with van der Waals surface area (Å²) in [4.78, 5) is 27.5. The van der Waals surface area contributed by atoms with Crippen molar-refractivity contribution in [1.82, 2.24) is 5.32 Å². The minimum absolute atomic E-state index is 0.0564. The van der Waals surface area contributed by atoms with E-state index in [1.807, 2.05) is 0 Å². The summed E-state index contributed by atoms with van der Waals surface area (Å²) in [5.74, 6) is -1.19. The summed E-state index contributed by atoms with van der Waals surface area (Å²) in [6.45, 7) is 1.93. The Hall–Kier alpha value is -3.94. The van der Waals surface area contributed by atoms with Gasteiger partial charge in [0.2, 0.25) is 0 Å². The van der Waals surface area contributed by atoms with Crippen molar-refractivity contribution in [2.45, 2.75) is 19.4 Å². The lowest BCUT2D eigenvalue weighted by molar-refractivity contribution is 0.0951. The van der Waals surface area contributed by atoms with Crippen molar-refractivity contribution in [2.24, 2.45) is 0 Å². The first kappa shape index (κ1) is 22.3. The zero-order chi connectivity index (χ0) is 23.2. The Bertz CT molecular complexity index is 1150. The first-order chi connectivity index (χ1) is 16.0. The molecule has 1 heterocycles. The number of anilines is 3. The first-order valence-corrected chi connectivity index (χ1v) is 10.7. The van der Waals surface area contributed by atoms with Crippen LogP contribution in [0.15, 0.2) is 66.7 Å². The number of carbonyl (C=O) groups excluding carboxylic acids is 2. The number of hydrogen-bond donors (Lipinski definition) is 3. The van der Waals surface area contributed by atoms with Gasteiger partial charge in [-0.2, -0.15) is 0 Å². The number of urea groups is 1. The molecule has 1 fully saturated rings. The number of rotatable bonds is 6. The van der Waals surface area contributed by atoms with Crippen LogP contribution in [0, 0.1) is 11.6 Å². The third-order valence-corrected chi connectivity index (χ3v) is 5.43. The Balaban J connectivity index is 1.51. The molecule has 33 heavy (non-hydrogen) atoms. The highest BCUT2D eigenvalue weighted by Gasteiger charge is 2.20. The monoisotopic (exact) mass is 450 g/mol. The van der Waals surface area contributed by atoms with E-state index in [0.29, 0.717) is 11.3 Å². The topological polar surface area (TPSA) is 73.5 Å². The maximum Gasteiger partial charge on any atom is 0.323 e. The second-order valence-corrected chi connectivity index (χ2v) is 7.79. The number of carbonyl (C=O) groups is 2. The molecule has 0 saturated carbocycles. The minimum Gasteiger partial charge on any atom is -0.371 e. The lowest BCUT2D eigenvalue weighted by Gasteiger charge is -2.22. The molecule has 3 aromatic rings. The molecule has 4 rings (SSSR count). The Morgan fingerprint density at radius 3 is 2.33 bits per heavy atom. The second-order valence-electron chi connectivity index (χ2n) is 7.79. The van der Waals surface area contributed by atoms with E-state index >= 15 is 0 Å². The highest BCUT2D eigenvalue weighted by atomic mass is 19.1. The Kier molecular flexibility index (Phi) is 6.83. The molecule has 3 N–H and O–H groups in total. The summed E-state index contributed by atoms with van der Waals surface area (Å²) in [7, 11) is 0. The second kappa shape index (κ2) is 10.1. The molecule has 0 aliphatic carbocycles. The van der Waals surface area contributed by atoms with E-state index in [9.17, 15) is 18.4 Å². The van der Waals surface area contributed by atoms with E-state index in [1.54, 1.807) is 36.4 Å². The van der Waals surface area contributed by atoms with Crippen molar-refractivity contribution in [3.05, 3.63) is 89.5 Å². The minimum atomic E-state index is -0.619. The number of hydrogen-bond acceptors (Lipinski definition) is 3. The van der Waals surface area contributed by atoms with Crippen LogP contribution in [0.4, 0.5) is 30.6 Å². The number of para-hydroxylation sites is 1. The lowest BCUT2D eigenvalue weighted by atomic mass is 10.1. The molecule has 0 atom stereocenters. The van der Waals surface area contributed by atoms with Crippen molar-refractivity contribution in [1.29, 1.82) is 0 Å². The van der Waals surface area contributed by atoms with Gasteiger partial charge in [-0.15, -0.1) is 0 Å². The Labute approximate surface area is 190 Å². The van der Waals surface area contributed by atoms with E-state index in [1.165, 1.54) is 30.3 Å². The summed E-state index contributed by atoms with van der Waals surface area (Å²) in [6.07, 6.45) is 2.09. The van der Waals surface area contributed by atoms with Crippen molar-refractivity contribution in [3.8, 4) is 0 Å². The van der Waals surface area contributed by atoms with Crippen LogP contribution in [0.3, 0.4) is 0 Å². The van der Waals surface area contributed by atoms with Crippen LogP contribution in [0.2, 0.25) is 0 Å². The van der Waals surface area contributed by atoms with E-state index < -0.39 is 11.8 Å². The number of benzene rings is 3. The quantitative estimate of drug-likeness (QED) is 0.487. The molecule has 0 aromatic heterocycles. The van der Waals surface area contributed by atoms with Crippen LogP contribution in [-0.4, -0.2) is 25.0 Å². The van der Waals surface area contributed by atoms with Crippen molar-refractivity contribution in [2.75, 3.05) is 28.6 Å². The molecule has 0 unspecified atom stereocenters. The number of halogens is 2. The summed E-state index contributed by atoms with van der Waals surface area (Å²) < 4.78 is 26.9. The molecule has 3 aromatic carbocycles. The Morgan fingerprint density at radius 2 is 1.61 bits per heavy atom. The smallest absolute Gasteiger partial charge is 0.323 e. The van der Waals surface area contributed by atoms with Crippen molar-refractivity contribution < 1.29 is 18.4 Å². The Morgan fingerprint density at radius 1 is 0.879 bits per heavy atom. The predicted molar refractivity (Wildman–Crippen MR) is 125 cm³/mol. The van der Waals surface area contributed by atoms with Gasteiger partial charge in [0, 0.05) is 31.0 Å². The number of nitrogens with one attached hydrogen (secondary N) is 3. The van der Waals surface area contributed by atoms with Gasteiger partial charge in [0.05, 0.1) is 11.3 Å². The van der Waals surface area contributed by atoms with Crippen molar-refractivity contribution in [3.63, 3.8) is 0 Å². The van der Waals surface area contributed by atoms with Gasteiger partial charge in [0.1, 0.15) is 11.6 Å². The van der Waals surface area contributed by atoms with E-state index in [-0.39, 0.29) is 24.0 Å². The summed E-state index contributed by atoms with van der Waals surface area (Å²) in [6, 6.07) is 16.3. The van der Waals surface area contributed by atoms with Gasteiger partial charge in [0.25, 0.3) is 5.91 Å². The van der Waals surface area contributed by atoms with E-state index in [2.05, 4.69) is 20.9 Å². The fourth-order valence-electron chi connectivity index (χ4n) is 3.76. The van der Waals surface area contributed by atoms with Crippen LogP contribution >= 0.6 is 0 Å². The highest BCUT2D eigenvalue weighted by Crippen LogP contribution is 2.28. The third-order valence-electron chi connectivity index (χ3n) is 5.43. The largest absolute Gasteiger partial charge is 0.371 e. The highest BCUT2D eigenvalue weighted by molar-refractivity contribution is 6.04. The van der Waals surface area contributed by atoms with Gasteiger partial charge in [0.15, 0.2) is 0 Å². The summed E-state index contributed by atoms with van der Waals surface area (Å²) in [5.41, 5.74) is 2.43.